The van der Waals surface area contributed by atoms with Crippen LogP contribution in [0.3, 0.4) is 0 Å². The first kappa shape index (κ1) is 18.0. The fourth-order valence-electron chi connectivity index (χ4n) is 2.24. The normalized spacial score (nSPS) is 11.6. The van der Waals surface area contributed by atoms with Crippen molar-refractivity contribution in [3.8, 4) is 11.5 Å². The summed E-state index contributed by atoms with van der Waals surface area (Å²) in [5, 5.41) is 7.31. The summed E-state index contributed by atoms with van der Waals surface area (Å²) in [4.78, 5) is 11.3. The fourth-order valence-corrected chi connectivity index (χ4v) is 2.52. The SMILES string of the molecule is COC(=O)Cn1nnc2cc(Oc3ccc(C(F)(F)F)c(Cl)c3)ccc21. The molecule has 0 bridgehead atoms. The topological polar surface area (TPSA) is 66.2 Å². The lowest BCUT2D eigenvalue weighted by Crippen LogP contribution is -2.12. The first-order chi connectivity index (χ1) is 12.3. The highest BCUT2D eigenvalue weighted by Crippen LogP contribution is 2.37. The molecule has 6 nitrogen and oxygen atoms in total. The molecule has 0 fully saturated rings. The molecule has 0 radical (unpaired) electrons. The van der Waals surface area contributed by atoms with Gasteiger partial charge in [0.25, 0.3) is 0 Å². The molecule has 0 aliphatic heterocycles. The molecule has 0 atom stereocenters. The number of esters is 1. The van der Waals surface area contributed by atoms with E-state index in [0.717, 1.165) is 12.1 Å². The lowest BCUT2D eigenvalue weighted by molar-refractivity contribution is -0.141. The summed E-state index contributed by atoms with van der Waals surface area (Å²) in [7, 11) is 1.27. The average Bonchev–Trinajstić information content (AvgIpc) is 2.95. The van der Waals surface area contributed by atoms with Crippen LogP contribution in [0.5, 0.6) is 11.5 Å². The third-order valence-corrected chi connectivity index (χ3v) is 3.79. The number of fused-ring (bicyclic) bond motifs is 1. The number of carbonyl (C=O) groups is 1. The van der Waals surface area contributed by atoms with Gasteiger partial charge in [-0.1, -0.05) is 16.8 Å². The van der Waals surface area contributed by atoms with Crippen LogP contribution in [-0.4, -0.2) is 28.1 Å². The molecule has 10 heteroatoms. The van der Waals surface area contributed by atoms with Crippen molar-refractivity contribution in [2.24, 2.45) is 0 Å². The standard InChI is InChI=1S/C16H11ClF3N3O3/c1-25-15(24)8-23-14-5-3-10(7-13(14)21-22-23)26-9-2-4-11(12(17)6-9)16(18,19)20/h2-7H,8H2,1H3. The van der Waals surface area contributed by atoms with E-state index < -0.39 is 22.7 Å². The highest BCUT2D eigenvalue weighted by Gasteiger charge is 2.33. The van der Waals surface area contributed by atoms with Crippen LogP contribution in [-0.2, 0) is 22.3 Å². The van der Waals surface area contributed by atoms with E-state index in [1.54, 1.807) is 18.2 Å². The molecule has 0 unspecified atom stereocenters. The molecule has 0 amide bonds. The molecule has 0 saturated heterocycles. The van der Waals surface area contributed by atoms with Crippen molar-refractivity contribution in [3.05, 3.63) is 47.0 Å². The van der Waals surface area contributed by atoms with E-state index in [1.807, 2.05) is 0 Å². The Balaban J connectivity index is 1.83. The molecule has 0 spiro atoms. The minimum atomic E-state index is -4.54. The number of rotatable bonds is 4. The van der Waals surface area contributed by atoms with Crippen molar-refractivity contribution in [1.29, 1.82) is 0 Å². The van der Waals surface area contributed by atoms with Gasteiger partial charge in [0, 0.05) is 12.1 Å². The van der Waals surface area contributed by atoms with Gasteiger partial charge in [0.2, 0.25) is 0 Å². The number of carbonyl (C=O) groups excluding carboxylic acids is 1. The average molecular weight is 386 g/mol. The summed E-state index contributed by atoms with van der Waals surface area (Å²) in [6, 6.07) is 7.85. The lowest BCUT2D eigenvalue weighted by Gasteiger charge is -2.11. The number of hydrogen-bond acceptors (Lipinski definition) is 5. The van der Waals surface area contributed by atoms with Crippen molar-refractivity contribution in [2.75, 3.05) is 7.11 Å². The third-order valence-electron chi connectivity index (χ3n) is 3.47. The quantitative estimate of drug-likeness (QED) is 0.633. The third kappa shape index (κ3) is 3.72. The Labute approximate surface area is 150 Å². The minimum Gasteiger partial charge on any atom is -0.468 e. The second-order valence-electron chi connectivity index (χ2n) is 5.22. The van der Waals surface area contributed by atoms with E-state index in [4.69, 9.17) is 16.3 Å². The van der Waals surface area contributed by atoms with Crippen LogP contribution >= 0.6 is 11.6 Å². The van der Waals surface area contributed by atoms with E-state index in [1.165, 1.54) is 17.9 Å². The number of aromatic nitrogens is 3. The maximum Gasteiger partial charge on any atom is 0.417 e. The van der Waals surface area contributed by atoms with Crippen LogP contribution in [0, 0.1) is 0 Å². The molecule has 1 heterocycles. The first-order valence-electron chi connectivity index (χ1n) is 7.22. The van der Waals surface area contributed by atoms with Crippen LogP contribution in [0.15, 0.2) is 36.4 Å². The number of nitrogens with zero attached hydrogens (tertiary/aromatic N) is 3. The van der Waals surface area contributed by atoms with Gasteiger partial charge in [-0.25, -0.2) is 4.68 Å². The largest absolute Gasteiger partial charge is 0.468 e. The Morgan fingerprint density at radius 1 is 1.19 bits per heavy atom. The first-order valence-corrected chi connectivity index (χ1v) is 7.60. The molecule has 0 aliphatic rings. The predicted octanol–water partition coefficient (Wildman–Crippen LogP) is 4.07. The molecule has 136 valence electrons. The Hall–Kier alpha value is -2.81. The fraction of sp³-hybridized carbons (Fsp3) is 0.188. The molecule has 3 aromatic rings. The molecule has 26 heavy (non-hydrogen) atoms. The summed E-state index contributed by atoms with van der Waals surface area (Å²) in [5.74, 6) is -0.000677. The highest BCUT2D eigenvalue weighted by molar-refractivity contribution is 6.31. The smallest absolute Gasteiger partial charge is 0.417 e. The summed E-state index contributed by atoms with van der Waals surface area (Å²) < 4.78 is 49.6. The molecule has 2 aromatic carbocycles. The van der Waals surface area contributed by atoms with Crippen LogP contribution in [0.25, 0.3) is 11.0 Å². The zero-order valence-electron chi connectivity index (χ0n) is 13.2. The van der Waals surface area contributed by atoms with Gasteiger partial charge < -0.3 is 9.47 Å². The maximum atomic E-state index is 12.7. The number of hydrogen-bond donors (Lipinski definition) is 0. The summed E-state index contributed by atoms with van der Waals surface area (Å²) in [6.45, 7) is -0.0955. The molecule has 1 aromatic heterocycles. The maximum absolute atomic E-state index is 12.7. The zero-order chi connectivity index (χ0) is 18.9. The number of ether oxygens (including phenoxy) is 2. The Morgan fingerprint density at radius 2 is 1.88 bits per heavy atom. The van der Waals surface area contributed by atoms with Gasteiger partial charge >= 0.3 is 12.1 Å². The van der Waals surface area contributed by atoms with Crippen molar-refractivity contribution in [1.82, 2.24) is 15.0 Å². The summed E-state index contributed by atoms with van der Waals surface area (Å²) in [5.41, 5.74) is 0.0883. The Bertz CT molecular complexity index is 972. The minimum absolute atomic E-state index is 0.0955. The van der Waals surface area contributed by atoms with Crippen molar-refractivity contribution >= 4 is 28.6 Å². The van der Waals surface area contributed by atoms with Crippen molar-refractivity contribution in [3.63, 3.8) is 0 Å². The van der Waals surface area contributed by atoms with E-state index in [-0.39, 0.29) is 12.3 Å². The number of methoxy groups -OCH3 is 1. The van der Waals surface area contributed by atoms with Crippen molar-refractivity contribution in [2.45, 2.75) is 12.7 Å². The molecule has 0 N–H and O–H groups in total. The highest BCUT2D eigenvalue weighted by atomic mass is 35.5. The van der Waals surface area contributed by atoms with Gasteiger partial charge in [0.15, 0.2) is 0 Å². The Kier molecular flexibility index (Phi) is 4.73. The molecule has 0 aliphatic carbocycles. The zero-order valence-corrected chi connectivity index (χ0v) is 14.0. The van der Waals surface area contributed by atoms with E-state index in [0.29, 0.717) is 16.8 Å². The van der Waals surface area contributed by atoms with Gasteiger partial charge in [-0.3, -0.25) is 4.79 Å². The number of benzene rings is 2. The molecular weight excluding hydrogens is 375 g/mol. The van der Waals surface area contributed by atoms with Gasteiger partial charge in [0.05, 0.1) is 23.2 Å². The van der Waals surface area contributed by atoms with E-state index in [2.05, 4.69) is 15.0 Å². The van der Waals surface area contributed by atoms with Gasteiger partial charge in [-0.05, 0) is 24.3 Å². The second kappa shape index (κ2) is 6.83. The van der Waals surface area contributed by atoms with Gasteiger partial charge in [0.1, 0.15) is 23.6 Å². The van der Waals surface area contributed by atoms with Crippen LogP contribution < -0.4 is 4.74 Å². The number of halogens is 4. The van der Waals surface area contributed by atoms with E-state index >= 15 is 0 Å². The van der Waals surface area contributed by atoms with Gasteiger partial charge in [-0.15, -0.1) is 5.10 Å². The van der Waals surface area contributed by atoms with Crippen LogP contribution in [0.1, 0.15) is 5.56 Å². The monoisotopic (exact) mass is 385 g/mol. The summed E-state index contributed by atoms with van der Waals surface area (Å²) in [6.07, 6.45) is -4.54. The van der Waals surface area contributed by atoms with Gasteiger partial charge in [-0.2, -0.15) is 13.2 Å². The van der Waals surface area contributed by atoms with Crippen molar-refractivity contribution < 1.29 is 27.4 Å². The van der Waals surface area contributed by atoms with Crippen LogP contribution in [0.2, 0.25) is 5.02 Å². The second-order valence-corrected chi connectivity index (χ2v) is 5.62. The lowest BCUT2D eigenvalue weighted by atomic mass is 10.2. The number of alkyl halides is 3. The molecule has 0 saturated carbocycles. The predicted molar refractivity (Wildman–Crippen MR) is 86.1 cm³/mol. The molecular formula is C16H11ClF3N3O3. The Morgan fingerprint density at radius 3 is 2.54 bits per heavy atom. The summed E-state index contributed by atoms with van der Waals surface area (Å²) >= 11 is 5.67. The van der Waals surface area contributed by atoms with E-state index in [9.17, 15) is 18.0 Å². The molecule has 3 rings (SSSR count). The van der Waals surface area contributed by atoms with Crippen LogP contribution in [0.4, 0.5) is 13.2 Å².